The van der Waals surface area contributed by atoms with Gasteiger partial charge in [0.05, 0.1) is 41.1 Å². The molecule has 1 N–H and O–H groups in total. The second kappa shape index (κ2) is 13.2. The third-order valence-electron chi connectivity index (χ3n) is 5.71. The van der Waals surface area contributed by atoms with Gasteiger partial charge in [0.25, 0.3) is 11.8 Å². The Morgan fingerprint density at radius 3 is 2.48 bits per heavy atom. The van der Waals surface area contributed by atoms with Crippen molar-refractivity contribution < 1.29 is 28.6 Å². The molecule has 0 saturated carbocycles. The van der Waals surface area contributed by atoms with Crippen LogP contribution in [0.15, 0.2) is 76.6 Å². The van der Waals surface area contributed by atoms with Crippen LogP contribution in [0.4, 0.5) is 11.4 Å². The van der Waals surface area contributed by atoms with Crippen molar-refractivity contribution in [2.24, 2.45) is 4.99 Å². The van der Waals surface area contributed by atoms with Crippen molar-refractivity contribution in [2.45, 2.75) is 6.92 Å². The first kappa shape index (κ1) is 28.7. The van der Waals surface area contributed by atoms with Crippen LogP contribution in [0, 0.1) is 0 Å². The molecule has 4 rings (SSSR count). The number of methoxy groups -OCH3 is 2. The largest absolute Gasteiger partial charge is 0.493 e. The minimum absolute atomic E-state index is 0.173. The van der Waals surface area contributed by atoms with Crippen LogP contribution >= 0.6 is 23.4 Å². The summed E-state index contributed by atoms with van der Waals surface area (Å²) in [5, 5.41) is 3.66. The summed E-state index contributed by atoms with van der Waals surface area (Å²) in [4.78, 5) is 43.8. The number of nitrogens with zero attached hydrogens (tertiary/aromatic N) is 2. The Kier molecular flexibility index (Phi) is 9.47. The summed E-state index contributed by atoms with van der Waals surface area (Å²) in [6.07, 6.45) is 1.74. The zero-order chi connectivity index (χ0) is 28.6. The number of esters is 1. The van der Waals surface area contributed by atoms with Crippen molar-refractivity contribution in [3.8, 4) is 11.5 Å². The maximum atomic E-state index is 13.1. The van der Waals surface area contributed by atoms with Crippen molar-refractivity contribution in [1.29, 1.82) is 0 Å². The summed E-state index contributed by atoms with van der Waals surface area (Å²) >= 11 is 7.34. The quantitative estimate of drug-likeness (QED) is 0.253. The lowest BCUT2D eigenvalue weighted by molar-refractivity contribution is -0.122. The lowest BCUT2D eigenvalue weighted by Crippen LogP contribution is -2.28. The van der Waals surface area contributed by atoms with E-state index in [0.29, 0.717) is 55.6 Å². The van der Waals surface area contributed by atoms with E-state index in [4.69, 9.17) is 25.8 Å². The number of carbonyl (C=O) groups excluding carboxylic acids is 3. The minimum atomic E-state index is -0.433. The number of thioether (sulfide) groups is 1. The van der Waals surface area contributed by atoms with Gasteiger partial charge in [0.1, 0.15) is 0 Å². The van der Waals surface area contributed by atoms with Crippen LogP contribution in [0.5, 0.6) is 11.5 Å². The minimum Gasteiger partial charge on any atom is -0.493 e. The van der Waals surface area contributed by atoms with E-state index in [-0.39, 0.29) is 18.4 Å². The number of amides is 2. The molecule has 40 heavy (non-hydrogen) atoms. The first-order chi connectivity index (χ1) is 19.3. The van der Waals surface area contributed by atoms with Gasteiger partial charge in [-0.15, -0.1) is 0 Å². The average Bonchev–Trinajstić information content (AvgIpc) is 3.26. The van der Waals surface area contributed by atoms with Gasteiger partial charge in [-0.05, 0) is 78.9 Å². The van der Waals surface area contributed by atoms with Crippen molar-refractivity contribution in [3.63, 3.8) is 0 Å². The van der Waals surface area contributed by atoms with E-state index in [0.717, 1.165) is 0 Å². The van der Waals surface area contributed by atoms with Crippen LogP contribution in [-0.2, 0) is 14.3 Å². The number of anilines is 1. The second-order valence-corrected chi connectivity index (χ2v) is 9.74. The molecular weight excluding hydrogens is 554 g/mol. The van der Waals surface area contributed by atoms with Gasteiger partial charge in [0.15, 0.2) is 23.3 Å². The van der Waals surface area contributed by atoms with Gasteiger partial charge in [0, 0.05) is 6.54 Å². The zero-order valence-corrected chi connectivity index (χ0v) is 23.5. The van der Waals surface area contributed by atoms with Gasteiger partial charge in [-0.1, -0.05) is 29.8 Å². The first-order valence-electron chi connectivity index (χ1n) is 12.2. The summed E-state index contributed by atoms with van der Waals surface area (Å²) < 4.78 is 15.8. The van der Waals surface area contributed by atoms with E-state index in [1.165, 1.54) is 26.0 Å². The predicted molar refractivity (Wildman–Crippen MR) is 156 cm³/mol. The third kappa shape index (κ3) is 6.83. The normalized spacial score (nSPS) is 14.9. The third-order valence-corrected chi connectivity index (χ3v) is 7.05. The molecule has 9 nitrogen and oxygen atoms in total. The van der Waals surface area contributed by atoms with Gasteiger partial charge >= 0.3 is 5.97 Å². The number of nitrogens with one attached hydrogen (secondary N) is 1. The van der Waals surface area contributed by atoms with Crippen LogP contribution < -0.4 is 14.8 Å². The number of halogens is 1. The number of aliphatic imine (C=N–C) groups is 1. The second-order valence-electron chi connectivity index (χ2n) is 8.32. The van der Waals surface area contributed by atoms with Crippen molar-refractivity contribution >= 4 is 63.8 Å². The highest BCUT2D eigenvalue weighted by atomic mass is 35.5. The highest BCUT2D eigenvalue weighted by molar-refractivity contribution is 8.18. The number of carbonyl (C=O) groups is 3. The molecular formula is C29H26ClN3O6S. The van der Waals surface area contributed by atoms with E-state index < -0.39 is 5.97 Å². The molecule has 2 amide bonds. The molecule has 1 heterocycles. The fraction of sp³-hybridized carbons (Fsp3) is 0.172. The van der Waals surface area contributed by atoms with Crippen molar-refractivity contribution in [1.82, 2.24) is 4.90 Å². The molecule has 0 atom stereocenters. The van der Waals surface area contributed by atoms with E-state index in [2.05, 4.69) is 10.3 Å². The maximum Gasteiger partial charge on any atom is 0.337 e. The van der Waals surface area contributed by atoms with Crippen LogP contribution in [0.1, 0.15) is 22.8 Å². The van der Waals surface area contributed by atoms with Gasteiger partial charge in [-0.3, -0.25) is 14.5 Å². The fourth-order valence-corrected chi connectivity index (χ4v) is 4.95. The van der Waals surface area contributed by atoms with Crippen LogP contribution in [-0.4, -0.2) is 55.2 Å². The summed E-state index contributed by atoms with van der Waals surface area (Å²) in [5.41, 5.74) is 2.22. The Bertz CT molecular complexity index is 1490. The Labute approximate surface area is 240 Å². The fourth-order valence-electron chi connectivity index (χ4n) is 3.71. The summed E-state index contributed by atoms with van der Waals surface area (Å²) in [6, 6.07) is 18.7. The molecule has 0 radical (unpaired) electrons. The summed E-state index contributed by atoms with van der Waals surface area (Å²) in [6.45, 7) is 2.06. The van der Waals surface area contributed by atoms with Gasteiger partial charge in [0.2, 0.25) is 0 Å². The lowest BCUT2D eigenvalue weighted by Gasteiger charge is -2.12. The van der Waals surface area contributed by atoms with Crippen LogP contribution in [0.2, 0.25) is 5.02 Å². The molecule has 1 aliphatic heterocycles. The monoisotopic (exact) mass is 579 g/mol. The number of amidine groups is 1. The molecule has 0 aliphatic carbocycles. The average molecular weight is 580 g/mol. The molecule has 3 aromatic carbocycles. The lowest BCUT2D eigenvalue weighted by atomic mass is 10.2. The molecule has 0 spiro atoms. The van der Waals surface area contributed by atoms with Crippen LogP contribution in [0.25, 0.3) is 6.08 Å². The summed E-state index contributed by atoms with van der Waals surface area (Å²) in [7, 11) is 2.82. The number of benzene rings is 3. The Morgan fingerprint density at radius 1 is 1.05 bits per heavy atom. The van der Waals surface area contributed by atoms with E-state index in [1.54, 1.807) is 77.7 Å². The van der Waals surface area contributed by atoms with E-state index >= 15 is 0 Å². The molecule has 206 valence electrons. The SMILES string of the molecule is CCN1C(=O)/C(=C\c2ccc(OCC(=O)Nc3ccccc3Cl)c(OC)c2)SC1=Nc1ccc(C(=O)OC)cc1. The first-order valence-corrected chi connectivity index (χ1v) is 13.4. The Hall–Kier alpha value is -4.28. The maximum absolute atomic E-state index is 13.1. The van der Waals surface area contributed by atoms with E-state index in [9.17, 15) is 14.4 Å². The Balaban J connectivity index is 1.47. The number of para-hydroxylation sites is 1. The molecule has 0 aromatic heterocycles. The van der Waals surface area contributed by atoms with E-state index in [1.807, 2.05) is 6.92 Å². The van der Waals surface area contributed by atoms with Gasteiger partial charge < -0.3 is 19.5 Å². The number of hydrogen-bond donors (Lipinski definition) is 1. The molecule has 11 heteroatoms. The highest BCUT2D eigenvalue weighted by Crippen LogP contribution is 2.36. The molecule has 1 fully saturated rings. The predicted octanol–water partition coefficient (Wildman–Crippen LogP) is 5.78. The topological polar surface area (TPSA) is 107 Å². The van der Waals surface area contributed by atoms with Crippen molar-refractivity contribution in [2.75, 3.05) is 32.7 Å². The molecule has 1 aliphatic rings. The molecule has 3 aromatic rings. The van der Waals surface area contributed by atoms with Gasteiger partial charge in [-0.25, -0.2) is 9.79 Å². The standard InChI is InChI=1S/C29H26ClN3O6S/c1-4-33-27(35)25(40-29(33)31-20-12-10-19(11-13-20)28(36)38-3)16-18-9-14-23(24(15-18)37-2)39-17-26(34)32-22-8-6-5-7-21(22)30/h5-16H,4,17H2,1-3H3,(H,32,34)/b25-16+,31-29?. The molecule has 0 unspecified atom stereocenters. The zero-order valence-electron chi connectivity index (χ0n) is 22.0. The highest BCUT2D eigenvalue weighted by Gasteiger charge is 2.32. The summed E-state index contributed by atoms with van der Waals surface area (Å²) in [5.74, 6) is -0.203. The Morgan fingerprint density at radius 2 is 1.80 bits per heavy atom. The number of hydrogen-bond acceptors (Lipinski definition) is 8. The number of rotatable bonds is 9. The number of ether oxygens (including phenoxy) is 3. The molecule has 0 bridgehead atoms. The molecule has 1 saturated heterocycles. The van der Waals surface area contributed by atoms with Crippen molar-refractivity contribution in [3.05, 3.63) is 87.8 Å². The number of likely N-dealkylation sites (N-methyl/N-ethyl adjacent to an activating group) is 1. The smallest absolute Gasteiger partial charge is 0.337 e. The van der Waals surface area contributed by atoms with Gasteiger partial charge in [-0.2, -0.15) is 0 Å². The van der Waals surface area contributed by atoms with Crippen LogP contribution in [0.3, 0.4) is 0 Å².